The molecule has 2 heteroatoms. The molecule has 0 aromatic heterocycles. The molecule has 0 unspecified atom stereocenters. The third-order valence-electron chi connectivity index (χ3n) is 4.33. The first kappa shape index (κ1) is 16.9. The SMILES string of the molecule is BrCC/C=C/[Si](c1ccccc1)(c1ccccc1)c1ccccc1. The van der Waals surface area contributed by atoms with Gasteiger partial charge in [-0.2, -0.15) is 0 Å². The highest BCUT2D eigenvalue weighted by Crippen LogP contribution is 2.10. The molecule has 120 valence electrons. The van der Waals surface area contributed by atoms with Crippen LogP contribution in [-0.2, 0) is 0 Å². The molecule has 3 aromatic carbocycles. The molecule has 0 spiro atoms. The molecule has 0 heterocycles. The van der Waals surface area contributed by atoms with Crippen LogP contribution in [0.5, 0.6) is 0 Å². The normalized spacial score (nSPS) is 11.7. The Labute approximate surface area is 154 Å². The molecule has 0 amide bonds. The summed E-state index contributed by atoms with van der Waals surface area (Å²) in [4.78, 5) is 0. The van der Waals surface area contributed by atoms with Gasteiger partial charge in [-0.05, 0) is 22.0 Å². The average Bonchev–Trinajstić information content (AvgIpc) is 2.68. The molecule has 0 nitrogen and oxygen atoms in total. The monoisotopic (exact) mass is 392 g/mol. The number of hydrogen-bond acceptors (Lipinski definition) is 0. The molecule has 0 saturated carbocycles. The molecule has 0 bridgehead atoms. The second-order valence-electron chi connectivity index (χ2n) is 5.79. The van der Waals surface area contributed by atoms with Gasteiger partial charge in [0.2, 0.25) is 0 Å². The molecule has 0 saturated heterocycles. The van der Waals surface area contributed by atoms with Crippen LogP contribution in [0.25, 0.3) is 0 Å². The minimum absolute atomic E-state index is 0.992. The Morgan fingerprint density at radius 1 is 0.625 bits per heavy atom. The molecule has 0 atom stereocenters. The lowest BCUT2D eigenvalue weighted by molar-refractivity contribution is 1.26. The van der Waals surface area contributed by atoms with Gasteiger partial charge >= 0.3 is 0 Å². The van der Waals surface area contributed by atoms with Crippen LogP contribution < -0.4 is 15.6 Å². The lowest BCUT2D eigenvalue weighted by Crippen LogP contribution is -2.66. The van der Waals surface area contributed by atoms with E-state index in [1.165, 1.54) is 15.6 Å². The maximum atomic E-state index is 3.55. The molecular weight excluding hydrogens is 372 g/mol. The number of allylic oxidation sites excluding steroid dienone is 1. The minimum atomic E-state index is -2.16. The number of hydrogen-bond donors (Lipinski definition) is 0. The third kappa shape index (κ3) is 3.45. The molecule has 24 heavy (non-hydrogen) atoms. The van der Waals surface area contributed by atoms with Crippen LogP contribution in [-0.4, -0.2) is 13.4 Å². The van der Waals surface area contributed by atoms with Gasteiger partial charge in [-0.3, -0.25) is 0 Å². The van der Waals surface area contributed by atoms with Crippen LogP contribution in [0.2, 0.25) is 0 Å². The lowest BCUT2D eigenvalue weighted by atomic mass is 10.3. The quantitative estimate of drug-likeness (QED) is 0.337. The molecule has 0 N–H and O–H groups in total. The van der Waals surface area contributed by atoms with Crippen molar-refractivity contribution in [3.05, 3.63) is 103 Å². The van der Waals surface area contributed by atoms with E-state index in [1.54, 1.807) is 0 Å². The number of alkyl halides is 1. The molecular formula is C22H21BrSi. The van der Waals surface area contributed by atoms with Crippen molar-refractivity contribution >= 4 is 39.6 Å². The van der Waals surface area contributed by atoms with E-state index in [0.717, 1.165) is 11.8 Å². The molecule has 0 aliphatic heterocycles. The van der Waals surface area contributed by atoms with Crippen molar-refractivity contribution < 1.29 is 0 Å². The van der Waals surface area contributed by atoms with E-state index in [9.17, 15) is 0 Å². The van der Waals surface area contributed by atoms with E-state index in [1.807, 2.05) is 0 Å². The predicted molar refractivity (Wildman–Crippen MR) is 112 cm³/mol. The maximum Gasteiger partial charge on any atom is 0.172 e. The Morgan fingerprint density at radius 3 is 1.33 bits per heavy atom. The van der Waals surface area contributed by atoms with E-state index >= 15 is 0 Å². The summed E-state index contributed by atoms with van der Waals surface area (Å²) in [7, 11) is -2.16. The van der Waals surface area contributed by atoms with Crippen LogP contribution in [0.15, 0.2) is 103 Å². The van der Waals surface area contributed by atoms with Crippen molar-refractivity contribution in [2.24, 2.45) is 0 Å². The van der Waals surface area contributed by atoms with Gasteiger partial charge in [0.1, 0.15) is 0 Å². The van der Waals surface area contributed by atoms with Crippen LogP contribution in [0, 0.1) is 0 Å². The summed E-state index contributed by atoms with van der Waals surface area (Å²) in [5.41, 5.74) is 2.49. The zero-order valence-corrected chi connectivity index (χ0v) is 16.2. The minimum Gasteiger partial charge on any atom is -0.0925 e. The predicted octanol–water partition coefficient (Wildman–Crippen LogP) is 4.04. The summed E-state index contributed by atoms with van der Waals surface area (Å²) in [5.74, 6) is 0. The van der Waals surface area contributed by atoms with Gasteiger partial charge < -0.3 is 0 Å². The molecule has 3 rings (SSSR count). The number of halogens is 1. The average molecular weight is 393 g/mol. The first-order valence-corrected chi connectivity index (χ1v) is 11.5. The fourth-order valence-corrected chi connectivity index (χ4v) is 7.73. The van der Waals surface area contributed by atoms with Crippen LogP contribution in [0.4, 0.5) is 0 Å². The van der Waals surface area contributed by atoms with Crippen molar-refractivity contribution in [2.45, 2.75) is 6.42 Å². The van der Waals surface area contributed by atoms with Crippen molar-refractivity contribution in [3.63, 3.8) is 0 Å². The Bertz CT molecular complexity index is 670. The highest BCUT2D eigenvalue weighted by atomic mass is 79.9. The van der Waals surface area contributed by atoms with E-state index in [-0.39, 0.29) is 0 Å². The van der Waals surface area contributed by atoms with Crippen molar-refractivity contribution in [2.75, 3.05) is 5.33 Å². The molecule has 3 aromatic rings. The van der Waals surface area contributed by atoms with Gasteiger partial charge in [0, 0.05) is 5.33 Å². The highest BCUT2D eigenvalue weighted by molar-refractivity contribution is 9.09. The lowest BCUT2D eigenvalue weighted by Gasteiger charge is -2.30. The summed E-state index contributed by atoms with van der Waals surface area (Å²) < 4.78 is 0. The van der Waals surface area contributed by atoms with Gasteiger partial charge in [0.25, 0.3) is 0 Å². The standard InChI is InChI=1S/C22H21BrSi/c23-18-10-11-19-24(20-12-4-1-5-13-20,21-14-6-2-7-15-21)22-16-8-3-9-17-22/h1-9,11-17,19H,10,18H2/b19-11+. The molecule has 0 radical (unpaired) electrons. The van der Waals surface area contributed by atoms with Crippen molar-refractivity contribution in [3.8, 4) is 0 Å². The van der Waals surface area contributed by atoms with E-state index in [4.69, 9.17) is 0 Å². The van der Waals surface area contributed by atoms with Crippen LogP contribution >= 0.6 is 15.9 Å². The molecule has 0 fully saturated rings. The first-order valence-electron chi connectivity index (χ1n) is 8.28. The topological polar surface area (TPSA) is 0 Å². The molecule has 0 aliphatic carbocycles. The second kappa shape index (κ2) is 8.27. The first-order chi connectivity index (χ1) is 11.9. The van der Waals surface area contributed by atoms with E-state index in [0.29, 0.717) is 0 Å². The largest absolute Gasteiger partial charge is 0.172 e. The number of benzene rings is 3. The van der Waals surface area contributed by atoms with Gasteiger partial charge in [0.05, 0.1) is 0 Å². The fraction of sp³-hybridized carbons (Fsp3) is 0.0909. The van der Waals surface area contributed by atoms with Crippen molar-refractivity contribution in [1.82, 2.24) is 0 Å². The third-order valence-corrected chi connectivity index (χ3v) is 9.26. The number of rotatable bonds is 6. The second-order valence-corrected chi connectivity index (χ2v) is 10.3. The van der Waals surface area contributed by atoms with Gasteiger partial charge in [-0.25, -0.2) is 0 Å². The summed E-state index contributed by atoms with van der Waals surface area (Å²) >= 11 is 3.55. The Morgan fingerprint density at radius 2 is 1.00 bits per heavy atom. The highest BCUT2D eigenvalue weighted by Gasteiger charge is 2.36. The Kier molecular flexibility index (Phi) is 5.84. The summed E-state index contributed by atoms with van der Waals surface area (Å²) in [6.07, 6.45) is 3.38. The fourth-order valence-electron chi connectivity index (χ4n) is 3.21. The zero-order chi connectivity index (χ0) is 16.7. The van der Waals surface area contributed by atoms with Gasteiger partial charge in [-0.1, -0.05) is 119 Å². The zero-order valence-electron chi connectivity index (χ0n) is 13.6. The Hall–Kier alpha value is -1.90. The smallest absolute Gasteiger partial charge is 0.0925 e. The van der Waals surface area contributed by atoms with Crippen molar-refractivity contribution in [1.29, 1.82) is 0 Å². The van der Waals surface area contributed by atoms with Crippen LogP contribution in [0.3, 0.4) is 0 Å². The summed E-state index contributed by atoms with van der Waals surface area (Å²) in [6.45, 7) is 0. The van der Waals surface area contributed by atoms with Gasteiger partial charge in [0.15, 0.2) is 8.07 Å². The van der Waals surface area contributed by atoms with E-state index < -0.39 is 8.07 Å². The summed E-state index contributed by atoms with van der Waals surface area (Å²) in [6, 6.07) is 32.9. The summed E-state index contributed by atoms with van der Waals surface area (Å²) in [5, 5.41) is 5.27. The molecule has 0 aliphatic rings. The Balaban J connectivity index is 2.28. The van der Waals surface area contributed by atoms with Gasteiger partial charge in [-0.15, -0.1) is 0 Å². The van der Waals surface area contributed by atoms with E-state index in [2.05, 4.69) is 119 Å². The maximum absolute atomic E-state index is 3.55. The van der Waals surface area contributed by atoms with Crippen LogP contribution in [0.1, 0.15) is 6.42 Å².